The topological polar surface area (TPSA) is 76.2 Å². The molecule has 0 bridgehead atoms. The first-order valence-electron chi connectivity index (χ1n) is 11.3. The number of benzene rings is 2. The predicted octanol–water partition coefficient (Wildman–Crippen LogP) is 6.23. The molecule has 2 aliphatic heterocycles. The molecule has 0 unspecified atom stereocenters. The monoisotopic (exact) mass is 660 g/mol. The Morgan fingerprint density at radius 3 is 2.56 bits per heavy atom. The lowest BCUT2D eigenvalue weighted by Crippen LogP contribution is -2.40. The van der Waals surface area contributed by atoms with Gasteiger partial charge in [-0.2, -0.15) is 0 Å². The van der Waals surface area contributed by atoms with Crippen molar-refractivity contribution in [3.05, 3.63) is 60.0 Å². The maximum absolute atomic E-state index is 12.9. The van der Waals surface area contributed by atoms with Crippen molar-refractivity contribution < 1.29 is 23.9 Å². The van der Waals surface area contributed by atoms with Crippen LogP contribution in [0.3, 0.4) is 0 Å². The second-order valence-corrected chi connectivity index (χ2v) is 11.1. The summed E-state index contributed by atoms with van der Waals surface area (Å²) in [5.74, 6) is 0.405. The quantitative estimate of drug-likeness (QED) is 0.247. The van der Waals surface area contributed by atoms with Crippen LogP contribution in [0.1, 0.15) is 30.9 Å². The molecule has 0 aliphatic carbocycles. The molecule has 2 heterocycles. The van der Waals surface area contributed by atoms with E-state index < -0.39 is 11.1 Å². The van der Waals surface area contributed by atoms with E-state index in [-0.39, 0.29) is 24.0 Å². The van der Waals surface area contributed by atoms with E-state index in [4.69, 9.17) is 32.7 Å². The van der Waals surface area contributed by atoms with Crippen LogP contribution in [0, 0.1) is 3.57 Å². The van der Waals surface area contributed by atoms with Gasteiger partial charge in [0.05, 0.1) is 25.1 Å². The van der Waals surface area contributed by atoms with Crippen LogP contribution in [0.5, 0.6) is 11.5 Å². The molecule has 2 aromatic rings. The Morgan fingerprint density at radius 2 is 1.86 bits per heavy atom. The van der Waals surface area contributed by atoms with Gasteiger partial charge >= 0.3 is 0 Å². The van der Waals surface area contributed by atoms with Crippen molar-refractivity contribution in [1.29, 1.82) is 0 Å². The summed E-state index contributed by atoms with van der Waals surface area (Å²) in [6.07, 6.45) is 3.53. The molecule has 11 heteroatoms. The maximum Gasteiger partial charge on any atom is 0.294 e. The van der Waals surface area contributed by atoms with Gasteiger partial charge in [0, 0.05) is 13.1 Å². The number of hydrogen-bond donors (Lipinski definition) is 0. The average Bonchev–Trinajstić information content (AvgIpc) is 3.46. The van der Waals surface area contributed by atoms with Crippen molar-refractivity contribution in [2.45, 2.75) is 26.4 Å². The standard InChI is InChI=1S/C25H23Cl2IN2O5S/c1-2-34-20-11-16(10-19(28)23(20)35-14-15-5-6-17(26)18(27)9-15)12-21-24(32)30(25(33)36-21)13-22(31)29-7-3-4-8-29/h5-6,9-12H,2-4,7-8,13-14H2,1H3/b21-12+. The normalized spacial score (nSPS) is 16.8. The molecule has 190 valence electrons. The lowest BCUT2D eigenvalue weighted by atomic mass is 10.1. The highest BCUT2D eigenvalue weighted by molar-refractivity contribution is 14.1. The fourth-order valence-corrected chi connectivity index (χ4v) is 5.79. The van der Waals surface area contributed by atoms with Crippen LogP contribution in [0.4, 0.5) is 4.79 Å². The van der Waals surface area contributed by atoms with E-state index in [2.05, 4.69) is 22.6 Å². The Hall–Kier alpha value is -1.95. The zero-order chi connectivity index (χ0) is 25.8. The largest absolute Gasteiger partial charge is 0.490 e. The fourth-order valence-electron chi connectivity index (χ4n) is 3.85. The molecule has 0 atom stereocenters. The Bertz CT molecular complexity index is 1230. The first-order valence-corrected chi connectivity index (χ1v) is 14.0. The molecular formula is C25H23Cl2IN2O5S. The van der Waals surface area contributed by atoms with Crippen molar-refractivity contribution in [2.24, 2.45) is 0 Å². The maximum atomic E-state index is 12.9. The van der Waals surface area contributed by atoms with Crippen LogP contribution in [0.2, 0.25) is 10.0 Å². The number of carbonyl (C=O) groups is 3. The van der Waals surface area contributed by atoms with Crippen molar-refractivity contribution in [1.82, 2.24) is 9.80 Å². The second kappa shape index (κ2) is 12.1. The third kappa shape index (κ3) is 6.30. The number of ether oxygens (including phenoxy) is 2. The number of nitrogens with zero attached hydrogens (tertiary/aromatic N) is 2. The number of imide groups is 1. The van der Waals surface area contributed by atoms with Crippen LogP contribution < -0.4 is 9.47 Å². The third-order valence-electron chi connectivity index (χ3n) is 5.62. The lowest BCUT2D eigenvalue weighted by molar-refractivity contribution is -0.135. The van der Waals surface area contributed by atoms with E-state index in [0.29, 0.717) is 46.8 Å². The average molecular weight is 661 g/mol. The summed E-state index contributed by atoms with van der Waals surface area (Å²) in [6, 6.07) is 8.90. The van der Waals surface area contributed by atoms with Gasteiger partial charge in [0.15, 0.2) is 11.5 Å². The van der Waals surface area contributed by atoms with Gasteiger partial charge in [0.2, 0.25) is 5.91 Å². The summed E-state index contributed by atoms with van der Waals surface area (Å²) in [7, 11) is 0. The zero-order valence-electron chi connectivity index (χ0n) is 19.4. The van der Waals surface area contributed by atoms with E-state index in [1.54, 1.807) is 29.2 Å². The number of amides is 3. The summed E-state index contributed by atoms with van der Waals surface area (Å²) < 4.78 is 12.6. The minimum Gasteiger partial charge on any atom is -0.490 e. The smallest absolute Gasteiger partial charge is 0.294 e. The molecule has 0 saturated carbocycles. The first kappa shape index (κ1) is 27.1. The van der Waals surface area contributed by atoms with Crippen molar-refractivity contribution in [2.75, 3.05) is 26.2 Å². The van der Waals surface area contributed by atoms with E-state index in [0.717, 1.165) is 38.6 Å². The first-order chi connectivity index (χ1) is 17.3. The van der Waals surface area contributed by atoms with Crippen LogP contribution >= 0.6 is 57.6 Å². The van der Waals surface area contributed by atoms with Gasteiger partial charge < -0.3 is 14.4 Å². The molecule has 2 aliphatic rings. The molecule has 4 rings (SSSR count). The number of rotatable bonds is 8. The van der Waals surface area contributed by atoms with E-state index in [1.807, 2.05) is 19.1 Å². The molecular weight excluding hydrogens is 638 g/mol. The Labute approximate surface area is 237 Å². The highest BCUT2D eigenvalue weighted by Gasteiger charge is 2.37. The molecule has 0 N–H and O–H groups in total. The minimum atomic E-state index is -0.467. The predicted molar refractivity (Wildman–Crippen MR) is 150 cm³/mol. The summed E-state index contributed by atoms with van der Waals surface area (Å²) in [5.41, 5.74) is 1.53. The van der Waals surface area contributed by atoms with Gasteiger partial charge in [-0.3, -0.25) is 19.3 Å². The molecule has 2 aromatic carbocycles. The van der Waals surface area contributed by atoms with Gasteiger partial charge in [0.1, 0.15) is 13.2 Å². The number of hydrogen-bond acceptors (Lipinski definition) is 6. The van der Waals surface area contributed by atoms with Gasteiger partial charge in [-0.05, 0) is 95.6 Å². The van der Waals surface area contributed by atoms with Crippen LogP contribution in [0.15, 0.2) is 35.2 Å². The van der Waals surface area contributed by atoms with E-state index in [9.17, 15) is 14.4 Å². The summed E-state index contributed by atoms with van der Waals surface area (Å²) in [5, 5.41) is 0.475. The summed E-state index contributed by atoms with van der Waals surface area (Å²) >= 11 is 15.1. The van der Waals surface area contributed by atoms with E-state index >= 15 is 0 Å². The van der Waals surface area contributed by atoms with Gasteiger partial charge in [-0.25, -0.2) is 0 Å². The Balaban J connectivity index is 1.51. The van der Waals surface area contributed by atoms with Gasteiger partial charge in [-0.15, -0.1) is 0 Å². The van der Waals surface area contributed by atoms with Crippen molar-refractivity contribution in [3.63, 3.8) is 0 Å². The fraction of sp³-hybridized carbons (Fsp3) is 0.320. The van der Waals surface area contributed by atoms with Crippen molar-refractivity contribution >= 4 is 80.7 Å². The number of likely N-dealkylation sites (tertiary alicyclic amines) is 1. The molecule has 0 aromatic heterocycles. The molecule has 3 amide bonds. The Morgan fingerprint density at radius 1 is 1.11 bits per heavy atom. The lowest BCUT2D eigenvalue weighted by Gasteiger charge is -2.18. The van der Waals surface area contributed by atoms with Crippen LogP contribution in [0.25, 0.3) is 6.08 Å². The highest BCUT2D eigenvalue weighted by atomic mass is 127. The molecule has 0 radical (unpaired) electrons. The summed E-state index contributed by atoms with van der Waals surface area (Å²) in [6.45, 7) is 3.65. The van der Waals surface area contributed by atoms with Gasteiger partial charge in [-0.1, -0.05) is 29.3 Å². The molecule has 2 saturated heterocycles. The molecule has 7 nitrogen and oxygen atoms in total. The second-order valence-electron chi connectivity index (χ2n) is 8.16. The van der Waals surface area contributed by atoms with Gasteiger partial charge in [0.25, 0.3) is 11.1 Å². The molecule has 2 fully saturated rings. The third-order valence-corrected chi connectivity index (χ3v) is 8.07. The SMILES string of the molecule is CCOc1cc(/C=C2/SC(=O)N(CC(=O)N3CCCC3)C2=O)cc(I)c1OCc1ccc(Cl)c(Cl)c1. The van der Waals surface area contributed by atoms with Crippen LogP contribution in [-0.4, -0.2) is 53.1 Å². The zero-order valence-corrected chi connectivity index (χ0v) is 23.9. The van der Waals surface area contributed by atoms with E-state index in [1.165, 1.54) is 0 Å². The molecule has 36 heavy (non-hydrogen) atoms. The molecule has 0 spiro atoms. The highest BCUT2D eigenvalue weighted by Crippen LogP contribution is 2.38. The minimum absolute atomic E-state index is 0.201. The number of halogens is 3. The van der Waals surface area contributed by atoms with Crippen molar-refractivity contribution in [3.8, 4) is 11.5 Å². The van der Waals surface area contributed by atoms with Crippen LogP contribution in [-0.2, 0) is 16.2 Å². The summed E-state index contributed by atoms with van der Waals surface area (Å²) in [4.78, 5) is 40.8. The Kier molecular flexibility index (Phi) is 9.08. The number of thioether (sulfide) groups is 1. The number of carbonyl (C=O) groups excluding carboxylic acids is 3.